The van der Waals surface area contributed by atoms with E-state index in [4.69, 9.17) is 10.8 Å². The summed E-state index contributed by atoms with van der Waals surface area (Å²) in [5, 5.41) is 8.33. The van der Waals surface area contributed by atoms with Crippen LogP contribution < -0.4 is 11.2 Å². The minimum Gasteiger partial charge on any atom is -0.479 e. The topological polar surface area (TPSA) is 102 Å². The Hall–Kier alpha value is -1.14. The van der Waals surface area contributed by atoms with Gasteiger partial charge < -0.3 is 10.8 Å². The molecule has 1 aliphatic carbocycles. The summed E-state index contributed by atoms with van der Waals surface area (Å²) in [5.74, 6) is -1.70. The summed E-state index contributed by atoms with van der Waals surface area (Å²) in [6.07, 6.45) is 4.68. The monoisotopic (exact) mass is 230 g/mol. The van der Waals surface area contributed by atoms with E-state index in [0.717, 1.165) is 32.1 Å². The number of hydrogen-bond acceptors (Lipinski definition) is 4. The van der Waals surface area contributed by atoms with Crippen LogP contribution in [0.1, 0.15) is 32.1 Å². The Morgan fingerprint density at radius 3 is 2.69 bits per heavy atom. The first-order valence-corrected chi connectivity index (χ1v) is 5.50. The highest BCUT2D eigenvalue weighted by molar-refractivity contribution is 5.78. The molecule has 0 radical (unpaired) electrons. The van der Waals surface area contributed by atoms with Gasteiger partial charge in [0.15, 0.2) is 6.61 Å². The molecule has 1 fully saturated rings. The summed E-state index contributed by atoms with van der Waals surface area (Å²) in [4.78, 5) is 26.4. The summed E-state index contributed by atoms with van der Waals surface area (Å²) in [6.45, 7) is -0.534. The quantitative estimate of drug-likeness (QED) is 0.467. The predicted molar refractivity (Wildman–Crippen MR) is 56.3 cm³/mol. The van der Waals surface area contributed by atoms with Gasteiger partial charge in [-0.2, -0.15) is 0 Å². The second-order valence-electron chi connectivity index (χ2n) is 4.06. The Kier molecular flexibility index (Phi) is 5.21. The van der Waals surface area contributed by atoms with Crippen molar-refractivity contribution in [2.24, 2.45) is 11.7 Å². The van der Waals surface area contributed by atoms with Gasteiger partial charge in [-0.25, -0.2) is 10.3 Å². The van der Waals surface area contributed by atoms with Crippen molar-refractivity contribution in [3.05, 3.63) is 0 Å². The standard InChI is InChI=1S/C10H18N2O4/c11-8-5-3-1-2-4-7(8)10(15)12-16-6-9(13)14/h7-8H,1-6,11H2,(H,12,15)(H,13,14). The normalized spacial score (nSPS) is 25.8. The molecule has 0 aliphatic heterocycles. The minimum absolute atomic E-state index is 0.157. The minimum atomic E-state index is -1.12. The third kappa shape index (κ3) is 4.16. The van der Waals surface area contributed by atoms with Gasteiger partial charge in [0, 0.05) is 6.04 Å². The molecule has 0 saturated heterocycles. The van der Waals surface area contributed by atoms with E-state index in [2.05, 4.69) is 10.3 Å². The van der Waals surface area contributed by atoms with Crippen molar-refractivity contribution >= 4 is 11.9 Å². The number of aliphatic carboxylic acids is 1. The molecule has 0 bridgehead atoms. The van der Waals surface area contributed by atoms with Crippen LogP contribution in [-0.4, -0.2) is 29.6 Å². The molecule has 0 heterocycles. The number of hydrogen-bond donors (Lipinski definition) is 3. The van der Waals surface area contributed by atoms with Crippen LogP contribution in [0.3, 0.4) is 0 Å². The largest absolute Gasteiger partial charge is 0.479 e. The second kappa shape index (κ2) is 6.44. The molecule has 1 amide bonds. The maximum absolute atomic E-state index is 11.6. The maximum atomic E-state index is 11.6. The van der Waals surface area contributed by atoms with Gasteiger partial charge in [-0.3, -0.25) is 9.63 Å². The van der Waals surface area contributed by atoms with Crippen molar-refractivity contribution in [1.82, 2.24) is 5.48 Å². The molecule has 16 heavy (non-hydrogen) atoms. The molecule has 0 aromatic heterocycles. The van der Waals surface area contributed by atoms with Gasteiger partial charge in [0.25, 0.3) is 0 Å². The fourth-order valence-corrected chi connectivity index (χ4v) is 1.91. The highest BCUT2D eigenvalue weighted by Crippen LogP contribution is 2.22. The Morgan fingerprint density at radius 1 is 1.31 bits per heavy atom. The van der Waals surface area contributed by atoms with Gasteiger partial charge >= 0.3 is 5.97 Å². The van der Waals surface area contributed by atoms with Crippen molar-refractivity contribution < 1.29 is 19.5 Å². The Balaban J connectivity index is 2.35. The second-order valence-corrected chi connectivity index (χ2v) is 4.06. The van der Waals surface area contributed by atoms with E-state index in [1.807, 2.05) is 0 Å². The highest BCUT2D eigenvalue weighted by atomic mass is 16.7. The van der Waals surface area contributed by atoms with Crippen molar-refractivity contribution in [1.29, 1.82) is 0 Å². The van der Waals surface area contributed by atoms with E-state index in [1.54, 1.807) is 0 Å². The van der Waals surface area contributed by atoms with Crippen molar-refractivity contribution in [3.63, 3.8) is 0 Å². The molecule has 2 unspecified atom stereocenters. The molecule has 1 saturated carbocycles. The lowest BCUT2D eigenvalue weighted by atomic mass is 9.95. The molecule has 6 heteroatoms. The summed E-state index contributed by atoms with van der Waals surface area (Å²) >= 11 is 0. The number of hydroxylamine groups is 1. The zero-order valence-corrected chi connectivity index (χ0v) is 9.15. The highest BCUT2D eigenvalue weighted by Gasteiger charge is 2.27. The van der Waals surface area contributed by atoms with E-state index < -0.39 is 12.6 Å². The molecule has 1 aliphatic rings. The van der Waals surface area contributed by atoms with E-state index in [-0.39, 0.29) is 17.9 Å². The summed E-state index contributed by atoms with van der Waals surface area (Å²) in [5.41, 5.74) is 8.02. The van der Waals surface area contributed by atoms with E-state index in [1.165, 1.54) is 0 Å². The third-order valence-electron chi connectivity index (χ3n) is 2.77. The van der Waals surface area contributed by atoms with Crippen LogP contribution in [0, 0.1) is 5.92 Å². The Labute approximate surface area is 94.1 Å². The molecular formula is C10H18N2O4. The zero-order chi connectivity index (χ0) is 12.0. The number of rotatable bonds is 4. The fraction of sp³-hybridized carbons (Fsp3) is 0.800. The Morgan fingerprint density at radius 2 is 2.00 bits per heavy atom. The lowest BCUT2D eigenvalue weighted by Crippen LogP contribution is -2.41. The summed E-state index contributed by atoms with van der Waals surface area (Å²) in [6, 6.07) is -0.157. The number of carbonyl (C=O) groups excluding carboxylic acids is 1. The first-order valence-electron chi connectivity index (χ1n) is 5.50. The van der Waals surface area contributed by atoms with Gasteiger partial charge in [0.1, 0.15) is 0 Å². The van der Waals surface area contributed by atoms with Crippen LogP contribution in [-0.2, 0) is 14.4 Å². The van der Waals surface area contributed by atoms with Gasteiger partial charge in [-0.05, 0) is 12.8 Å². The molecule has 0 spiro atoms. The molecule has 4 N–H and O–H groups in total. The fourth-order valence-electron chi connectivity index (χ4n) is 1.91. The third-order valence-corrected chi connectivity index (χ3v) is 2.77. The molecule has 0 aromatic rings. The number of carbonyl (C=O) groups is 2. The maximum Gasteiger partial charge on any atom is 0.332 e. The lowest BCUT2D eigenvalue weighted by molar-refractivity contribution is -0.151. The van der Waals surface area contributed by atoms with Crippen LogP contribution in [0.2, 0.25) is 0 Å². The summed E-state index contributed by atoms with van der Waals surface area (Å²) in [7, 11) is 0. The van der Waals surface area contributed by atoms with Crippen LogP contribution >= 0.6 is 0 Å². The van der Waals surface area contributed by atoms with E-state index >= 15 is 0 Å². The predicted octanol–water partition coefficient (Wildman–Crippen LogP) is 0.0264. The van der Waals surface area contributed by atoms with Gasteiger partial charge in [-0.15, -0.1) is 0 Å². The van der Waals surface area contributed by atoms with Gasteiger partial charge in [0.05, 0.1) is 5.92 Å². The van der Waals surface area contributed by atoms with E-state index in [0.29, 0.717) is 0 Å². The van der Waals surface area contributed by atoms with Crippen LogP contribution in [0.25, 0.3) is 0 Å². The summed E-state index contributed by atoms with van der Waals surface area (Å²) < 4.78 is 0. The van der Waals surface area contributed by atoms with Gasteiger partial charge in [-0.1, -0.05) is 19.3 Å². The van der Waals surface area contributed by atoms with Crippen molar-refractivity contribution in [3.8, 4) is 0 Å². The van der Waals surface area contributed by atoms with Crippen LogP contribution in [0.4, 0.5) is 0 Å². The average Bonchev–Trinajstić information content (AvgIpc) is 2.42. The number of amides is 1. The van der Waals surface area contributed by atoms with Crippen molar-refractivity contribution in [2.45, 2.75) is 38.1 Å². The molecule has 0 aromatic carbocycles. The number of nitrogens with two attached hydrogens (primary N) is 1. The first kappa shape index (κ1) is 12.9. The molecule has 2 atom stereocenters. The number of nitrogens with one attached hydrogen (secondary N) is 1. The Bertz CT molecular complexity index is 257. The van der Waals surface area contributed by atoms with Crippen LogP contribution in [0.15, 0.2) is 0 Å². The SMILES string of the molecule is NC1CCCCCC1C(=O)NOCC(=O)O. The van der Waals surface area contributed by atoms with Crippen molar-refractivity contribution in [2.75, 3.05) is 6.61 Å². The first-order chi connectivity index (χ1) is 7.61. The molecular weight excluding hydrogens is 212 g/mol. The number of carboxylic acids is 1. The van der Waals surface area contributed by atoms with Gasteiger partial charge in [0.2, 0.25) is 5.91 Å². The smallest absolute Gasteiger partial charge is 0.332 e. The number of carboxylic acid groups (broad SMARTS) is 1. The molecule has 6 nitrogen and oxygen atoms in total. The van der Waals surface area contributed by atoms with E-state index in [9.17, 15) is 9.59 Å². The molecule has 1 rings (SSSR count). The lowest BCUT2D eigenvalue weighted by Gasteiger charge is -2.19. The zero-order valence-electron chi connectivity index (χ0n) is 9.15. The van der Waals surface area contributed by atoms with Crippen LogP contribution in [0.5, 0.6) is 0 Å². The molecule has 92 valence electrons. The average molecular weight is 230 g/mol.